The molecular weight excluding hydrogens is 314 g/mol. The largest absolute Gasteiger partial charge is 0.354 e. The SMILES string of the molecule is O=C(CCC1CCNCC1)NCCNC(=O)c1ccccc1Cl. The fraction of sp³-hybridized carbons (Fsp3) is 0.529. The Morgan fingerprint density at radius 2 is 1.83 bits per heavy atom. The zero-order chi connectivity index (χ0) is 16.5. The van der Waals surface area contributed by atoms with Crippen LogP contribution in [0.1, 0.15) is 36.0 Å². The molecule has 0 bridgehead atoms. The molecule has 1 saturated heterocycles. The Kier molecular flexibility index (Phi) is 7.36. The van der Waals surface area contributed by atoms with Gasteiger partial charge in [0.25, 0.3) is 5.91 Å². The summed E-state index contributed by atoms with van der Waals surface area (Å²) in [5.41, 5.74) is 0.450. The predicted octanol–water partition coefficient (Wildman–Crippen LogP) is 1.97. The van der Waals surface area contributed by atoms with Crippen LogP contribution in [0.5, 0.6) is 0 Å². The highest BCUT2D eigenvalue weighted by molar-refractivity contribution is 6.33. The second kappa shape index (κ2) is 9.53. The summed E-state index contributed by atoms with van der Waals surface area (Å²) in [6.45, 7) is 2.94. The third kappa shape index (κ3) is 6.20. The van der Waals surface area contributed by atoms with E-state index >= 15 is 0 Å². The number of carbonyl (C=O) groups excluding carboxylic acids is 2. The smallest absolute Gasteiger partial charge is 0.252 e. The number of amides is 2. The Bertz CT molecular complexity index is 530. The molecule has 1 aliphatic rings. The summed E-state index contributed by atoms with van der Waals surface area (Å²) < 4.78 is 0. The maximum Gasteiger partial charge on any atom is 0.252 e. The lowest BCUT2D eigenvalue weighted by atomic mass is 9.93. The van der Waals surface area contributed by atoms with E-state index in [1.807, 2.05) is 0 Å². The summed E-state index contributed by atoms with van der Waals surface area (Å²) in [5, 5.41) is 9.34. The van der Waals surface area contributed by atoms with Gasteiger partial charge in [0.2, 0.25) is 5.91 Å². The van der Waals surface area contributed by atoms with Crippen LogP contribution < -0.4 is 16.0 Å². The fourth-order valence-electron chi connectivity index (χ4n) is 2.71. The molecule has 2 amide bonds. The Balaban J connectivity index is 1.58. The van der Waals surface area contributed by atoms with Gasteiger partial charge in [-0.25, -0.2) is 0 Å². The summed E-state index contributed by atoms with van der Waals surface area (Å²) in [4.78, 5) is 23.7. The molecule has 6 heteroatoms. The van der Waals surface area contributed by atoms with E-state index in [2.05, 4.69) is 16.0 Å². The van der Waals surface area contributed by atoms with Crippen LogP contribution in [0.2, 0.25) is 5.02 Å². The molecule has 1 heterocycles. The molecule has 1 aliphatic heterocycles. The highest BCUT2D eigenvalue weighted by Gasteiger charge is 2.14. The molecule has 0 spiro atoms. The molecule has 0 saturated carbocycles. The van der Waals surface area contributed by atoms with Crippen molar-refractivity contribution in [1.82, 2.24) is 16.0 Å². The maximum atomic E-state index is 11.9. The van der Waals surface area contributed by atoms with Crippen LogP contribution in [0.15, 0.2) is 24.3 Å². The molecule has 2 rings (SSSR count). The van der Waals surface area contributed by atoms with E-state index in [-0.39, 0.29) is 11.8 Å². The number of halogens is 1. The van der Waals surface area contributed by atoms with E-state index in [0.29, 0.717) is 36.0 Å². The van der Waals surface area contributed by atoms with Crippen molar-refractivity contribution in [3.8, 4) is 0 Å². The second-order valence-corrected chi connectivity index (χ2v) is 6.22. The van der Waals surface area contributed by atoms with Crippen LogP contribution in [0.25, 0.3) is 0 Å². The van der Waals surface area contributed by atoms with Crippen LogP contribution in [-0.2, 0) is 4.79 Å². The summed E-state index contributed by atoms with van der Waals surface area (Å²) in [6, 6.07) is 6.90. The zero-order valence-electron chi connectivity index (χ0n) is 13.2. The predicted molar refractivity (Wildman–Crippen MR) is 91.6 cm³/mol. The summed E-state index contributed by atoms with van der Waals surface area (Å²) in [5.74, 6) is 0.483. The highest BCUT2D eigenvalue weighted by atomic mass is 35.5. The molecule has 0 unspecified atom stereocenters. The van der Waals surface area contributed by atoms with Crippen molar-refractivity contribution in [3.05, 3.63) is 34.9 Å². The molecule has 23 heavy (non-hydrogen) atoms. The highest BCUT2D eigenvalue weighted by Crippen LogP contribution is 2.17. The summed E-state index contributed by atoms with van der Waals surface area (Å²) in [7, 11) is 0. The quantitative estimate of drug-likeness (QED) is 0.666. The normalized spacial score (nSPS) is 15.2. The molecule has 1 aromatic carbocycles. The van der Waals surface area contributed by atoms with E-state index in [0.717, 1.165) is 32.4 Å². The molecule has 0 atom stereocenters. The monoisotopic (exact) mass is 337 g/mol. The van der Waals surface area contributed by atoms with Gasteiger partial charge in [0.15, 0.2) is 0 Å². The number of hydrogen-bond acceptors (Lipinski definition) is 3. The first-order valence-electron chi connectivity index (χ1n) is 8.17. The van der Waals surface area contributed by atoms with Crippen LogP contribution >= 0.6 is 11.6 Å². The van der Waals surface area contributed by atoms with Crippen molar-refractivity contribution >= 4 is 23.4 Å². The Morgan fingerprint density at radius 3 is 2.57 bits per heavy atom. The number of carbonyl (C=O) groups is 2. The molecule has 0 aromatic heterocycles. The number of benzene rings is 1. The number of nitrogens with one attached hydrogen (secondary N) is 3. The zero-order valence-corrected chi connectivity index (χ0v) is 14.0. The van der Waals surface area contributed by atoms with E-state index in [1.165, 1.54) is 0 Å². The van der Waals surface area contributed by atoms with Gasteiger partial charge in [-0.05, 0) is 50.4 Å². The molecule has 5 nitrogen and oxygen atoms in total. The minimum Gasteiger partial charge on any atom is -0.354 e. The number of piperidine rings is 1. The lowest BCUT2D eigenvalue weighted by Crippen LogP contribution is -2.35. The second-order valence-electron chi connectivity index (χ2n) is 5.82. The van der Waals surface area contributed by atoms with Gasteiger partial charge in [-0.1, -0.05) is 23.7 Å². The van der Waals surface area contributed by atoms with Gasteiger partial charge in [-0.2, -0.15) is 0 Å². The Morgan fingerprint density at radius 1 is 1.13 bits per heavy atom. The Hall–Kier alpha value is -1.59. The molecule has 1 fully saturated rings. The third-order valence-electron chi connectivity index (χ3n) is 4.09. The van der Waals surface area contributed by atoms with Gasteiger partial charge in [-0.3, -0.25) is 9.59 Å². The van der Waals surface area contributed by atoms with Crippen molar-refractivity contribution in [2.75, 3.05) is 26.2 Å². The van der Waals surface area contributed by atoms with E-state index in [9.17, 15) is 9.59 Å². The molecule has 0 aliphatic carbocycles. The molecule has 126 valence electrons. The standard InChI is InChI=1S/C17H24ClN3O2/c18-15-4-2-1-3-14(15)17(23)21-12-11-20-16(22)6-5-13-7-9-19-10-8-13/h1-4,13,19H,5-12H2,(H,20,22)(H,21,23). The van der Waals surface area contributed by atoms with Gasteiger partial charge < -0.3 is 16.0 Å². The molecule has 1 aromatic rings. The van der Waals surface area contributed by atoms with Gasteiger partial charge in [0.05, 0.1) is 10.6 Å². The number of hydrogen-bond donors (Lipinski definition) is 3. The third-order valence-corrected chi connectivity index (χ3v) is 4.42. The first-order chi connectivity index (χ1) is 11.2. The fourth-order valence-corrected chi connectivity index (χ4v) is 2.93. The lowest BCUT2D eigenvalue weighted by Gasteiger charge is -2.22. The van der Waals surface area contributed by atoms with Gasteiger partial charge in [0, 0.05) is 19.5 Å². The topological polar surface area (TPSA) is 70.2 Å². The maximum absolute atomic E-state index is 11.9. The van der Waals surface area contributed by atoms with Crippen molar-refractivity contribution in [2.45, 2.75) is 25.7 Å². The average molecular weight is 338 g/mol. The molecule has 3 N–H and O–H groups in total. The molecule has 0 radical (unpaired) electrons. The van der Waals surface area contributed by atoms with Crippen molar-refractivity contribution < 1.29 is 9.59 Å². The van der Waals surface area contributed by atoms with Crippen molar-refractivity contribution in [1.29, 1.82) is 0 Å². The first kappa shape index (κ1) is 17.8. The summed E-state index contributed by atoms with van der Waals surface area (Å²) in [6.07, 6.45) is 3.81. The van der Waals surface area contributed by atoms with E-state index in [1.54, 1.807) is 24.3 Å². The van der Waals surface area contributed by atoms with Gasteiger partial charge in [0.1, 0.15) is 0 Å². The first-order valence-corrected chi connectivity index (χ1v) is 8.55. The van der Waals surface area contributed by atoms with Crippen LogP contribution in [-0.4, -0.2) is 38.0 Å². The van der Waals surface area contributed by atoms with Crippen LogP contribution in [0.4, 0.5) is 0 Å². The van der Waals surface area contributed by atoms with Crippen LogP contribution in [0, 0.1) is 5.92 Å². The lowest BCUT2D eigenvalue weighted by molar-refractivity contribution is -0.121. The minimum absolute atomic E-state index is 0.0514. The van der Waals surface area contributed by atoms with E-state index < -0.39 is 0 Å². The minimum atomic E-state index is -0.223. The van der Waals surface area contributed by atoms with Crippen molar-refractivity contribution in [3.63, 3.8) is 0 Å². The van der Waals surface area contributed by atoms with Crippen molar-refractivity contribution in [2.24, 2.45) is 5.92 Å². The van der Waals surface area contributed by atoms with Gasteiger partial charge >= 0.3 is 0 Å². The number of rotatable bonds is 7. The van der Waals surface area contributed by atoms with E-state index in [4.69, 9.17) is 11.6 Å². The Labute approximate surface area is 142 Å². The average Bonchev–Trinajstić information content (AvgIpc) is 2.58. The molecular formula is C17H24ClN3O2. The van der Waals surface area contributed by atoms with Crippen LogP contribution in [0.3, 0.4) is 0 Å². The summed E-state index contributed by atoms with van der Waals surface area (Å²) >= 11 is 5.96. The van der Waals surface area contributed by atoms with Gasteiger partial charge in [-0.15, -0.1) is 0 Å².